The third-order valence-electron chi connectivity index (χ3n) is 5.73. The number of likely N-dealkylation sites (tertiary alicyclic amines) is 2. The van der Waals surface area contributed by atoms with Gasteiger partial charge in [0, 0.05) is 63.4 Å². The number of amides is 2. The van der Waals surface area contributed by atoms with E-state index in [0.29, 0.717) is 25.8 Å². The van der Waals surface area contributed by atoms with Gasteiger partial charge in [0.1, 0.15) is 0 Å². The number of aryl methyl sites for hydroxylation is 1. The minimum atomic E-state index is 0.0357. The lowest BCUT2D eigenvalue weighted by Crippen LogP contribution is -2.55. The number of aliphatic hydroxyl groups excluding tert-OH is 1. The number of hydrogen-bond donors (Lipinski definition) is 1. The molecule has 1 aromatic rings. The maximum atomic E-state index is 12.7. The van der Waals surface area contributed by atoms with Crippen LogP contribution in [0.3, 0.4) is 0 Å². The van der Waals surface area contributed by atoms with Crippen molar-refractivity contribution in [2.75, 3.05) is 32.8 Å². The molecule has 1 aromatic heterocycles. The van der Waals surface area contributed by atoms with E-state index in [1.54, 1.807) is 12.4 Å². The molecule has 0 aliphatic carbocycles. The molecule has 2 amide bonds. The van der Waals surface area contributed by atoms with Crippen molar-refractivity contribution >= 4 is 11.8 Å². The van der Waals surface area contributed by atoms with Crippen LogP contribution in [-0.4, -0.2) is 64.5 Å². The molecular weight excluding hydrogens is 330 g/mol. The lowest BCUT2D eigenvalue weighted by Gasteiger charge is -2.48. The molecule has 0 aromatic carbocycles. The summed E-state index contributed by atoms with van der Waals surface area (Å²) >= 11 is 0. The summed E-state index contributed by atoms with van der Waals surface area (Å²) in [6.45, 7) is 3.02. The molecule has 2 aliphatic rings. The Hall–Kier alpha value is -1.95. The Labute approximate surface area is 155 Å². The van der Waals surface area contributed by atoms with Crippen molar-refractivity contribution in [3.8, 4) is 0 Å². The highest BCUT2D eigenvalue weighted by Gasteiger charge is 2.42. The van der Waals surface area contributed by atoms with Gasteiger partial charge in [-0.1, -0.05) is 0 Å². The summed E-state index contributed by atoms with van der Waals surface area (Å²) in [5.41, 5.74) is 1.17. The predicted molar refractivity (Wildman–Crippen MR) is 98.3 cm³/mol. The summed E-state index contributed by atoms with van der Waals surface area (Å²) in [6, 6.07) is 3.91. The fourth-order valence-electron chi connectivity index (χ4n) is 4.28. The average molecular weight is 359 g/mol. The van der Waals surface area contributed by atoms with Crippen LogP contribution in [0.2, 0.25) is 0 Å². The van der Waals surface area contributed by atoms with Crippen LogP contribution in [0.15, 0.2) is 24.5 Å². The van der Waals surface area contributed by atoms with Crippen LogP contribution in [0.25, 0.3) is 0 Å². The van der Waals surface area contributed by atoms with Crippen molar-refractivity contribution in [2.45, 2.75) is 44.9 Å². The monoisotopic (exact) mass is 359 g/mol. The Morgan fingerprint density at radius 2 is 2.04 bits per heavy atom. The van der Waals surface area contributed by atoms with Gasteiger partial charge in [-0.2, -0.15) is 0 Å². The molecule has 6 nitrogen and oxygen atoms in total. The maximum Gasteiger partial charge on any atom is 0.222 e. The van der Waals surface area contributed by atoms with Crippen LogP contribution in [0.5, 0.6) is 0 Å². The summed E-state index contributed by atoms with van der Waals surface area (Å²) in [6.07, 6.45) is 8.91. The minimum Gasteiger partial charge on any atom is -0.396 e. The first-order valence-electron chi connectivity index (χ1n) is 9.67. The summed E-state index contributed by atoms with van der Waals surface area (Å²) in [4.78, 5) is 32.8. The first-order chi connectivity index (χ1) is 12.6. The van der Waals surface area contributed by atoms with E-state index in [4.69, 9.17) is 5.11 Å². The molecule has 1 N–H and O–H groups in total. The number of carbonyl (C=O) groups is 2. The van der Waals surface area contributed by atoms with Gasteiger partial charge in [-0.05, 0) is 49.8 Å². The molecule has 3 heterocycles. The van der Waals surface area contributed by atoms with Gasteiger partial charge in [-0.3, -0.25) is 14.6 Å². The zero-order chi connectivity index (χ0) is 18.4. The zero-order valence-electron chi connectivity index (χ0n) is 15.4. The number of aliphatic hydroxyl groups is 1. The molecule has 2 aliphatic heterocycles. The molecular formula is C20H29N3O3. The van der Waals surface area contributed by atoms with Crippen molar-refractivity contribution in [1.29, 1.82) is 0 Å². The Morgan fingerprint density at radius 1 is 1.23 bits per heavy atom. The van der Waals surface area contributed by atoms with Crippen molar-refractivity contribution in [3.05, 3.63) is 30.1 Å². The molecule has 0 unspecified atom stereocenters. The van der Waals surface area contributed by atoms with Crippen LogP contribution < -0.4 is 0 Å². The van der Waals surface area contributed by atoms with Crippen molar-refractivity contribution in [3.63, 3.8) is 0 Å². The third kappa shape index (κ3) is 4.61. The largest absolute Gasteiger partial charge is 0.396 e. The van der Waals surface area contributed by atoms with Crippen molar-refractivity contribution in [1.82, 2.24) is 14.8 Å². The summed E-state index contributed by atoms with van der Waals surface area (Å²) < 4.78 is 0. The second kappa shape index (κ2) is 8.62. The molecule has 1 atom stereocenters. The van der Waals surface area contributed by atoms with Gasteiger partial charge in [0.25, 0.3) is 0 Å². The molecule has 6 heteroatoms. The second-order valence-corrected chi connectivity index (χ2v) is 7.67. The van der Waals surface area contributed by atoms with Crippen LogP contribution >= 0.6 is 0 Å². The summed E-state index contributed by atoms with van der Waals surface area (Å²) in [7, 11) is 0. The molecule has 0 radical (unpaired) electrons. The Morgan fingerprint density at radius 3 is 2.81 bits per heavy atom. The van der Waals surface area contributed by atoms with E-state index in [0.717, 1.165) is 50.9 Å². The molecule has 2 fully saturated rings. The average Bonchev–Trinajstić information content (AvgIpc) is 2.68. The summed E-state index contributed by atoms with van der Waals surface area (Å²) in [5.74, 6) is 0.393. The molecule has 3 rings (SSSR count). The molecule has 26 heavy (non-hydrogen) atoms. The smallest absolute Gasteiger partial charge is 0.222 e. The van der Waals surface area contributed by atoms with Gasteiger partial charge in [-0.25, -0.2) is 0 Å². The van der Waals surface area contributed by atoms with Crippen molar-refractivity contribution in [2.24, 2.45) is 5.41 Å². The Balaban J connectivity index is 1.57. The topological polar surface area (TPSA) is 73.7 Å². The first-order valence-corrected chi connectivity index (χ1v) is 9.67. The molecule has 2 saturated heterocycles. The van der Waals surface area contributed by atoms with Crippen LogP contribution in [0.1, 0.15) is 44.1 Å². The lowest BCUT2D eigenvalue weighted by atomic mass is 9.73. The lowest BCUT2D eigenvalue weighted by molar-refractivity contribution is -0.143. The number of piperidine rings is 2. The molecule has 142 valence electrons. The minimum absolute atomic E-state index is 0.0357. The van der Waals surface area contributed by atoms with E-state index >= 15 is 0 Å². The number of carbonyl (C=O) groups excluding carboxylic acids is 2. The van der Waals surface area contributed by atoms with E-state index in [1.807, 2.05) is 21.9 Å². The van der Waals surface area contributed by atoms with Gasteiger partial charge in [0.15, 0.2) is 0 Å². The number of pyridine rings is 1. The third-order valence-corrected chi connectivity index (χ3v) is 5.73. The van der Waals surface area contributed by atoms with Gasteiger partial charge < -0.3 is 14.9 Å². The highest BCUT2D eigenvalue weighted by molar-refractivity contribution is 5.78. The molecule has 0 bridgehead atoms. The van der Waals surface area contributed by atoms with Gasteiger partial charge in [-0.15, -0.1) is 0 Å². The van der Waals surface area contributed by atoms with Crippen molar-refractivity contribution < 1.29 is 14.7 Å². The Bertz CT molecular complexity index is 622. The fourth-order valence-corrected chi connectivity index (χ4v) is 4.28. The van der Waals surface area contributed by atoms with E-state index in [2.05, 4.69) is 4.98 Å². The van der Waals surface area contributed by atoms with Gasteiger partial charge in [0.05, 0.1) is 0 Å². The van der Waals surface area contributed by atoms with E-state index in [9.17, 15) is 9.59 Å². The standard InChI is InChI=1S/C20H29N3O3/c24-14-2-13-23-16-20(9-5-19(23)26)8-1-12-22(15-20)18(25)4-3-17-6-10-21-11-7-17/h6-7,10-11,24H,1-5,8-9,12-16H2/t20-/m1/s1. The van der Waals surface area contributed by atoms with E-state index in [-0.39, 0.29) is 23.8 Å². The Kier molecular flexibility index (Phi) is 6.25. The fraction of sp³-hybridized carbons (Fsp3) is 0.650. The SMILES string of the molecule is O=C(CCc1ccncc1)N1CCC[C@@]2(CCC(=O)N(CCCO)C2)C1. The normalized spacial score (nSPS) is 23.5. The highest BCUT2D eigenvalue weighted by atomic mass is 16.3. The van der Waals surface area contributed by atoms with E-state index < -0.39 is 0 Å². The number of hydrogen-bond acceptors (Lipinski definition) is 4. The highest BCUT2D eigenvalue weighted by Crippen LogP contribution is 2.39. The first kappa shape index (κ1) is 18.8. The molecule has 1 spiro atoms. The second-order valence-electron chi connectivity index (χ2n) is 7.67. The van der Waals surface area contributed by atoms with Gasteiger partial charge in [0.2, 0.25) is 11.8 Å². The van der Waals surface area contributed by atoms with Crippen LogP contribution in [-0.2, 0) is 16.0 Å². The summed E-state index contributed by atoms with van der Waals surface area (Å²) in [5, 5.41) is 9.06. The quantitative estimate of drug-likeness (QED) is 0.838. The molecule has 0 saturated carbocycles. The number of aromatic nitrogens is 1. The van der Waals surface area contributed by atoms with E-state index in [1.165, 1.54) is 0 Å². The number of rotatable bonds is 6. The number of nitrogens with zero attached hydrogens (tertiary/aromatic N) is 3. The van der Waals surface area contributed by atoms with Crippen LogP contribution in [0.4, 0.5) is 0 Å². The zero-order valence-corrected chi connectivity index (χ0v) is 15.4. The maximum absolute atomic E-state index is 12.7. The predicted octanol–water partition coefficient (Wildman–Crippen LogP) is 1.63. The van der Waals surface area contributed by atoms with Crippen LogP contribution in [0, 0.1) is 5.41 Å². The van der Waals surface area contributed by atoms with Gasteiger partial charge >= 0.3 is 0 Å².